The fourth-order valence-corrected chi connectivity index (χ4v) is 1.98. The van der Waals surface area contributed by atoms with Crippen molar-refractivity contribution in [3.63, 3.8) is 0 Å². The Kier molecular flexibility index (Phi) is 7.39. The first-order valence-electron chi connectivity index (χ1n) is 8.33. The monoisotopic (exact) mass is 378 g/mol. The predicted molar refractivity (Wildman–Crippen MR) is 98.9 cm³/mol. The molecule has 148 valence electrons. The first kappa shape index (κ1) is 22.0. The topological polar surface area (TPSA) is 114 Å². The van der Waals surface area contributed by atoms with Gasteiger partial charge in [-0.05, 0) is 46.3 Å². The molecule has 0 unspecified atom stereocenters. The van der Waals surface area contributed by atoms with Crippen molar-refractivity contribution < 1.29 is 29.0 Å². The van der Waals surface area contributed by atoms with Gasteiger partial charge in [-0.1, -0.05) is 30.3 Å². The Morgan fingerprint density at radius 3 is 2.15 bits per heavy atom. The van der Waals surface area contributed by atoms with Gasteiger partial charge in [-0.3, -0.25) is 5.32 Å². The molecule has 0 aliphatic rings. The van der Waals surface area contributed by atoms with Crippen LogP contribution in [-0.2, 0) is 20.9 Å². The van der Waals surface area contributed by atoms with Gasteiger partial charge in [-0.25, -0.2) is 14.4 Å². The fraction of sp³-hybridized carbons (Fsp3) is 0.421. The summed E-state index contributed by atoms with van der Waals surface area (Å²) < 4.78 is 10.1. The third kappa shape index (κ3) is 9.29. The molecule has 0 aliphatic carbocycles. The van der Waals surface area contributed by atoms with Crippen LogP contribution in [0.1, 0.15) is 40.2 Å². The van der Waals surface area contributed by atoms with Gasteiger partial charge in [0.05, 0.1) is 5.54 Å². The van der Waals surface area contributed by atoms with Gasteiger partial charge in [0.25, 0.3) is 0 Å². The minimum atomic E-state index is -1.37. The van der Waals surface area contributed by atoms with Crippen LogP contribution in [0.4, 0.5) is 9.59 Å². The standard InChI is InChI=1S/C19H26N2O6/c1-18(2,3)27-17(25)21-19(4,5)11-14(15(22)23)20-16(24)26-12-13-9-7-6-8-10-13/h6-11H,12H2,1-5H3,(H,20,24)(H,21,25)(H,22,23)/b14-11+. The van der Waals surface area contributed by atoms with E-state index in [9.17, 15) is 19.5 Å². The zero-order valence-corrected chi connectivity index (χ0v) is 16.2. The number of benzene rings is 1. The van der Waals surface area contributed by atoms with Crippen LogP contribution < -0.4 is 10.6 Å². The van der Waals surface area contributed by atoms with Gasteiger partial charge < -0.3 is 19.9 Å². The lowest BCUT2D eigenvalue weighted by Crippen LogP contribution is -2.45. The second kappa shape index (κ2) is 9.07. The highest BCUT2D eigenvalue weighted by molar-refractivity contribution is 5.91. The summed E-state index contributed by atoms with van der Waals surface area (Å²) in [4.78, 5) is 35.2. The average Bonchev–Trinajstić information content (AvgIpc) is 2.50. The third-order valence-electron chi connectivity index (χ3n) is 3.01. The van der Waals surface area contributed by atoms with Gasteiger partial charge in [0.2, 0.25) is 0 Å². The summed E-state index contributed by atoms with van der Waals surface area (Å²) in [5, 5.41) is 14.0. The highest BCUT2D eigenvalue weighted by atomic mass is 16.6. The van der Waals surface area contributed by atoms with Crippen LogP contribution in [0.15, 0.2) is 42.1 Å². The summed E-state index contributed by atoms with van der Waals surface area (Å²) in [6, 6.07) is 8.97. The number of alkyl carbamates (subject to hydrolysis) is 2. The van der Waals surface area contributed by atoms with E-state index in [0.29, 0.717) is 0 Å². The van der Waals surface area contributed by atoms with Crippen molar-refractivity contribution in [2.24, 2.45) is 0 Å². The van der Waals surface area contributed by atoms with Gasteiger partial charge in [0.15, 0.2) is 0 Å². The zero-order chi connectivity index (χ0) is 20.7. The summed E-state index contributed by atoms with van der Waals surface area (Å²) in [5.74, 6) is -1.37. The van der Waals surface area contributed by atoms with E-state index < -0.39 is 35.0 Å². The van der Waals surface area contributed by atoms with Crippen molar-refractivity contribution in [1.82, 2.24) is 10.6 Å². The molecule has 27 heavy (non-hydrogen) atoms. The second-order valence-electron chi connectivity index (χ2n) is 7.40. The van der Waals surface area contributed by atoms with Crippen molar-refractivity contribution >= 4 is 18.2 Å². The molecule has 0 fully saturated rings. The van der Waals surface area contributed by atoms with Crippen LogP contribution in [0.3, 0.4) is 0 Å². The van der Waals surface area contributed by atoms with Crippen LogP contribution in [0.5, 0.6) is 0 Å². The van der Waals surface area contributed by atoms with Crippen molar-refractivity contribution in [1.29, 1.82) is 0 Å². The normalized spacial score (nSPS) is 12.1. The number of hydrogen-bond acceptors (Lipinski definition) is 5. The molecule has 1 aromatic rings. The molecule has 0 spiro atoms. The van der Waals surface area contributed by atoms with Crippen molar-refractivity contribution in [2.45, 2.75) is 52.4 Å². The maximum atomic E-state index is 11.9. The van der Waals surface area contributed by atoms with E-state index in [0.717, 1.165) is 5.56 Å². The molecule has 8 nitrogen and oxygen atoms in total. The Balaban J connectivity index is 2.73. The molecule has 0 aromatic heterocycles. The lowest BCUT2D eigenvalue weighted by Gasteiger charge is -2.26. The summed E-state index contributed by atoms with van der Waals surface area (Å²) in [7, 11) is 0. The number of hydrogen-bond donors (Lipinski definition) is 3. The summed E-state index contributed by atoms with van der Waals surface area (Å²) in [5.41, 5.74) is -1.45. The lowest BCUT2D eigenvalue weighted by molar-refractivity contribution is -0.133. The molecule has 2 amide bonds. The Bertz CT molecular complexity index is 705. The van der Waals surface area contributed by atoms with Crippen LogP contribution in [0, 0.1) is 0 Å². The van der Waals surface area contributed by atoms with E-state index >= 15 is 0 Å². The third-order valence-corrected chi connectivity index (χ3v) is 3.01. The van der Waals surface area contributed by atoms with E-state index in [1.807, 2.05) is 6.07 Å². The molecular formula is C19H26N2O6. The van der Waals surface area contributed by atoms with Crippen LogP contribution in [-0.4, -0.2) is 34.4 Å². The predicted octanol–water partition coefficient (Wildman–Crippen LogP) is 3.18. The first-order valence-corrected chi connectivity index (χ1v) is 8.33. The number of carbonyl (C=O) groups is 3. The van der Waals surface area contributed by atoms with Gasteiger partial charge >= 0.3 is 18.2 Å². The number of amides is 2. The average molecular weight is 378 g/mol. The molecule has 1 aromatic carbocycles. The maximum Gasteiger partial charge on any atom is 0.412 e. The lowest BCUT2D eigenvalue weighted by atomic mass is 10.0. The molecule has 0 saturated heterocycles. The quantitative estimate of drug-likeness (QED) is 0.655. The molecule has 3 N–H and O–H groups in total. The zero-order valence-electron chi connectivity index (χ0n) is 16.2. The second-order valence-corrected chi connectivity index (χ2v) is 7.40. The SMILES string of the molecule is CC(C)(/C=C(/NC(=O)OCc1ccccc1)C(=O)O)NC(=O)OC(C)(C)C. The molecule has 0 bridgehead atoms. The maximum absolute atomic E-state index is 11.9. The van der Waals surface area contributed by atoms with Crippen molar-refractivity contribution in [3.05, 3.63) is 47.7 Å². The molecule has 1 rings (SSSR count). The number of ether oxygens (including phenoxy) is 2. The van der Waals surface area contributed by atoms with Gasteiger partial charge in [0, 0.05) is 0 Å². The number of rotatable bonds is 6. The Hall–Kier alpha value is -3.03. The number of carboxylic acid groups (broad SMARTS) is 1. The summed E-state index contributed by atoms with van der Waals surface area (Å²) in [6.07, 6.45) is -0.427. The molecular weight excluding hydrogens is 352 g/mol. The number of aliphatic carboxylic acids is 1. The van der Waals surface area contributed by atoms with Gasteiger partial charge in [-0.2, -0.15) is 0 Å². The van der Waals surface area contributed by atoms with E-state index in [2.05, 4.69) is 10.6 Å². The van der Waals surface area contributed by atoms with E-state index in [1.165, 1.54) is 6.08 Å². The Labute approximate surface area is 158 Å². The fourth-order valence-electron chi connectivity index (χ4n) is 1.98. The highest BCUT2D eigenvalue weighted by Crippen LogP contribution is 2.12. The molecule has 0 saturated carbocycles. The first-order chi connectivity index (χ1) is 12.4. The number of carboxylic acids is 1. The smallest absolute Gasteiger partial charge is 0.412 e. The molecule has 0 radical (unpaired) electrons. The molecule has 8 heteroatoms. The van der Waals surface area contributed by atoms with Crippen LogP contribution in [0.2, 0.25) is 0 Å². The van der Waals surface area contributed by atoms with Gasteiger partial charge in [-0.15, -0.1) is 0 Å². The molecule has 0 aliphatic heterocycles. The van der Waals surface area contributed by atoms with E-state index in [-0.39, 0.29) is 6.61 Å². The van der Waals surface area contributed by atoms with Crippen LogP contribution >= 0.6 is 0 Å². The summed E-state index contributed by atoms with van der Waals surface area (Å²) in [6.45, 7) is 8.26. The van der Waals surface area contributed by atoms with E-state index in [1.54, 1.807) is 58.9 Å². The number of nitrogens with one attached hydrogen (secondary N) is 2. The van der Waals surface area contributed by atoms with Crippen LogP contribution in [0.25, 0.3) is 0 Å². The summed E-state index contributed by atoms with van der Waals surface area (Å²) >= 11 is 0. The van der Waals surface area contributed by atoms with Gasteiger partial charge in [0.1, 0.15) is 17.9 Å². The minimum Gasteiger partial charge on any atom is -0.477 e. The molecule has 0 heterocycles. The number of carbonyl (C=O) groups excluding carboxylic acids is 2. The molecule has 0 atom stereocenters. The van der Waals surface area contributed by atoms with E-state index in [4.69, 9.17) is 9.47 Å². The highest BCUT2D eigenvalue weighted by Gasteiger charge is 2.25. The largest absolute Gasteiger partial charge is 0.477 e. The Morgan fingerprint density at radius 2 is 1.63 bits per heavy atom. The van der Waals surface area contributed by atoms with Crippen molar-refractivity contribution in [3.8, 4) is 0 Å². The van der Waals surface area contributed by atoms with Crippen molar-refractivity contribution in [2.75, 3.05) is 0 Å². The minimum absolute atomic E-state index is 0.000869. The Morgan fingerprint density at radius 1 is 1.04 bits per heavy atom.